The number of carbonyl (C=O) groups is 1. The van der Waals surface area contributed by atoms with E-state index in [1.165, 1.54) is 0 Å². The van der Waals surface area contributed by atoms with E-state index in [1.807, 2.05) is 24.3 Å². The van der Waals surface area contributed by atoms with E-state index in [-0.39, 0.29) is 35.3 Å². The van der Waals surface area contributed by atoms with E-state index in [2.05, 4.69) is 0 Å². The van der Waals surface area contributed by atoms with Crippen LogP contribution in [0.2, 0.25) is 5.02 Å². The van der Waals surface area contributed by atoms with Crippen LogP contribution in [0.5, 0.6) is 0 Å². The average molecular weight is 344 g/mol. The van der Waals surface area contributed by atoms with E-state index in [4.69, 9.17) is 11.6 Å². The van der Waals surface area contributed by atoms with Gasteiger partial charge in [-0.2, -0.15) is 0 Å². The predicted octanol–water partition coefficient (Wildman–Crippen LogP) is 2.73. The van der Waals surface area contributed by atoms with Gasteiger partial charge in [-0.3, -0.25) is 4.79 Å². The summed E-state index contributed by atoms with van der Waals surface area (Å²) < 4.78 is 23.4. The molecule has 122 valence electrons. The van der Waals surface area contributed by atoms with Gasteiger partial charge in [0.1, 0.15) is 0 Å². The normalized spacial score (nSPS) is 22.2. The van der Waals surface area contributed by atoms with E-state index in [1.54, 1.807) is 25.8 Å². The Morgan fingerprint density at radius 3 is 2.64 bits per heavy atom. The Bertz CT molecular complexity index is 659. The van der Waals surface area contributed by atoms with Crippen LogP contribution in [-0.2, 0) is 14.6 Å². The summed E-state index contributed by atoms with van der Waals surface area (Å²) in [5, 5.41) is 0.687. The van der Waals surface area contributed by atoms with Gasteiger partial charge in [0, 0.05) is 29.8 Å². The molecule has 4 nitrogen and oxygen atoms in total. The van der Waals surface area contributed by atoms with Crippen LogP contribution in [0.15, 0.2) is 24.3 Å². The van der Waals surface area contributed by atoms with E-state index in [0.29, 0.717) is 5.02 Å². The summed E-state index contributed by atoms with van der Waals surface area (Å²) in [5.41, 5.74) is 1.00. The lowest BCUT2D eigenvalue weighted by Crippen LogP contribution is -2.40. The number of halogens is 1. The number of sulfone groups is 1. The van der Waals surface area contributed by atoms with Crippen LogP contribution in [-0.4, -0.2) is 43.8 Å². The maximum atomic E-state index is 12.5. The van der Waals surface area contributed by atoms with E-state index < -0.39 is 9.84 Å². The topological polar surface area (TPSA) is 54.5 Å². The summed E-state index contributed by atoms with van der Waals surface area (Å²) >= 11 is 6.17. The molecule has 1 aliphatic carbocycles. The molecule has 0 aliphatic heterocycles. The highest BCUT2D eigenvalue weighted by Gasteiger charge is 2.46. The van der Waals surface area contributed by atoms with Crippen molar-refractivity contribution in [3.63, 3.8) is 0 Å². The summed E-state index contributed by atoms with van der Waals surface area (Å²) in [5.74, 6) is 0.180. The zero-order chi connectivity index (χ0) is 16.5. The van der Waals surface area contributed by atoms with Crippen molar-refractivity contribution in [3.05, 3.63) is 34.9 Å². The number of carbonyl (C=O) groups excluding carboxylic acids is 1. The Hall–Kier alpha value is -1.07. The highest BCUT2D eigenvalue weighted by Crippen LogP contribution is 2.50. The maximum Gasteiger partial charge on any atom is 0.226 e. The van der Waals surface area contributed by atoms with Crippen molar-refractivity contribution in [2.75, 3.05) is 18.6 Å². The molecule has 1 saturated carbocycles. The molecule has 0 aromatic heterocycles. The molecule has 0 saturated heterocycles. The highest BCUT2D eigenvalue weighted by atomic mass is 35.5. The van der Waals surface area contributed by atoms with Crippen LogP contribution in [0.4, 0.5) is 0 Å². The minimum absolute atomic E-state index is 0.00345. The van der Waals surface area contributed by atoms with Crippen molar-refractivity contribution in [2.45, 2.75) is 32.2 Å². The molecular formula is C16H22ClNO3S. The number of hydrogen-bond donors (Lipinski definition) is 0. The molecule has 1 aromatic carbocycles. The number of rotatable bonds is 6. The summed E-state index contributed by atoms with van der Waals surface area (Å²) in [6, 6.07) is 7.25. The zero-order valence-corrected chi connectivity index (χ0v) is 14.7. The molecule has 0 N–H and O–H groups in total. The molecular weight excluding hydrogens is 322 g/mol. The first-order valence-electron chi connectivity index (χ1n) is 7.48. The second kappa shape index (κ2) is 6.59. The van der Waals surface area contributed by atoms with Crippen LogP contribution in [0.3, 0.4) is 0 Å². The van der Waals surface area contributed by atoms with Gasteiger partial charge < -0.3 is 4.90 Å². The lowest BCUT2D eigenvalue weighted by atomic mass is 10.1. The van der Waals surface area contributed by atoms with Gasteiger partial charge in [0.2, 0.25) is 5.91 Å². The van der Waals surface area contributed by atoms with Crippen molar-refractivity contribution in [3.8, 4) is 0 Å². The standard InChI is InChI=1S/C16H22ClNO3S/c1-4-22(20,21)10-11(2)18(3)16(19)14-9-13(14)12-7-5-6-8-15(12)17/h5-8,11,13-14H,4,9-10H2,1-3H3/t11-,13+,14-/m0/s1. The Balaban J connectivity index is 2.00. The SMILES string of the molecule is CCS(=O)(=O)C[C@H](C)N(C)C(=O)[C@H]1C[C@@H]1c1ccccc1Cl. The predicted molar refractivity (Wildman–Crippen MR) is 88.9 cm³/mol. The average Bonchev–Trinajstić information content (AvgIpc) is 3.26. The molecule has 0 spiro atoms. The second-order valence-corrected chi connectivity index (χ2v) is 8.77. The number of nitrogens with zero attached hydrogens (tertiary/aromatic N) is 1. The van der Waals surface area contributed by atoms with Gasteiger partial charge in [-0.15, -0.1) is 0 Å². The Morgan fingerprint density at radius 2 is 2.05 bits per heavy atom. The van der Waals surface area contributed by atoms with Crippen molar-refractivity contribution < 1.29 is 13.2 Å². The zero-order valence-electron chi connectivity index (χ0n) is 13.1. The Labute approximate surface area is 137 Å². The molecule has 1 fully saturated rings. The third-order valence-corrected chi connectivity index (χ3v) is 6.57. The van der Waals surface area contributed by atoms with Gasteiger partial charge in [0.25, 0.3) is 0 Å². The lowest BCUT2D eigenvalue weighted by Gasteiger charge is -2.25. The second-order valence-electron chi connectivity index (χ2n) is 5.97. The number of benzene rings is 1. The molecule has 0 unspecified atom stereocenters. The van der Waals surface area contributed by atoms with Gasteiger partial charge in [0.05, 0.1) is 5.75 Å². The molecule has 1 aromatic rings. The lowest BCUT2D eigenvalue weighted by molar-refractivity contribution is -0.132. The molecule has 22 heavy (non-hydrogen) atoms. The van der Waals surface area contributed by atoms with Crippen LogP contribution in [0.25, 0.3) is 0 Å². The fourth-order valence-corrected chi connectivity index (χ4v) is 4.13. The molecule has 6 heteroatoms. The Morgan fingerprint density at radius 1 is 1.41 bits per heavy atom. The van der Waals surface area contributed by atoms with Crippen LogP contribution in [0.1, 0.15) is 31.7 Å². The van der Waals surface area contributed by atoms with Gasteiger partial charge in [-0.1, -0.05) is 36.7 Å². The molecule has 0 bridgehead atoms. The van der Waals surface area contributed by atoms with Crippen LogP contribution < -0.4 is 0 Å². The molecule has 3 atom stereocenters. The molecule has 1 aliphatic rings. The minimum atomic E-state index is -3.09. The number of hydrogen-bond acceptors (Lipinski definition) is 3. The third kappa shape index (κ3) is 3.82. The van der Waals surface area contributed by atoms with E-state index in [9.17, 15) is 13.2 Å². The van der Waals surface area contributed by atoms with Crippen LogP contribution in [0, 0.1) is 5.92 Å². The highest BCUT2D eigenvalue weighted by molar-refractivity contribution is 7.91. The van der Waals surface area contributed by atoms with E-state index >= 15 is 0 Å². The first-order chi connectivity index (χ1) is 10.3. The van der Waals surface area contributed by atoms with Crippen molar-refractivity contribution in [1.29, 1.82) is 0 Å². The first-order valence-corrected chi connectivity index (χ1v) is 9.68. The smallest absolute Gasteiger partial charge is 0.226 e. The van der Waals surface area contributed by atoms with Gasteiger partial charge >= 0.3 is 0 Å². The van der Waals surface area contributed by atoms with Crippen molar-refractivity contribution >= 4 is 27.3 Å². The number of amides is 1. The van der Waals surface area contributed by atoms with Crippen molar-refractivity contribution in [2.24, 2.45) is 5.92 Å². The first kappa shape index (κ1) is 17.3. The van der Waals surface area contributed by atoms with Gasteiger partial charge in [-0.25, -0.2) is 8.42 Å². The largest absolute Gasteiger partial charge is 0.342 e. The third-order valence-electron chi connectivity index (χ3n) is 4.36. The molecule has 1 amide bonds. The van der Waals surface area contributed by atoms with Crippen molar-refractivity contribution in [1.82, 2.24) is 4.90 Å². The van der Waals surface area contributed by atoms with E-state index in [0.717, 1.165) is 12.0 Å². The fourth-order valence-electron chi connectivity index (χ4n) is 2.66. The summed E-state index contributed by atoms with van der Waals surface area (Å²) in [7, 11) is -1.41. The van der Waals surface area contributed by atoms with Gasteiger partial charge in [0.15, 0.2) is 9.84 Å². The van der Waals surface area contributed by atoms with Gasteiger partial charge in [-0.05, 0) is 30.9 Å². The molecule has 0 heterocycles. The molecule has 2 rings (SSSR count). The molecule has 0 radical (unpaired) electrons. The maximum absolute atomic E-state index is 12.5. The summed E-state index contributed by atoms with van der Waals surface area (Å²) in [4.78, 5) is 14.1. The fraction of sp³-hybridized carbons (Fsp3) is 0.562. The monoisotopic (exact) mass is 343 g/mol. The van der Waals surface area contributed by atoms with Crippen LogP contribution >= 0.6 is 11.6 Å². The Kier molecular flexibility index (Phi) is 5.17. The summed E-state index contributed by atoms with van der Waals surface area (Å²) in [6.07, 6.45) is 0.778. The summed E-state index contributed by atoms with van der Waals surface area (Å²) in [6.45, 7) is 3.40. The minimum Gasteiger partial charge on any atom is -0.342 e. The quantitative estimate of drug-likeness (QED) is 0.798.